The number of carbonyl (C=O) groups excluding carboxylic acids is 1. The van der Waals surface area contributed by atoms with E-state index in [2.05, 4.69) is 15.9 Å². The number of hydrogen-bond acceptors (Lipinski definition) is 3. The predicted molar refractivity (Wildman–Crippen MR) is 64.6 cm³/mol. The monoisotopic (exact) mass is 300 g/mol. The fraction of sp³-hybridized carbons (Fsp3) is 0.273. The Labute approximate surface area is 105 Å². The lowest BCUT2D eigenvalue weighted by molar-refractivity contribution is -0.147. The summed E-state index contributed by atoms with van der Waals surface area (Å²) in [5.41, 5.74) is 0. The van der Waals surface area contributed by atoms with Gasteiger partial charge in [-0.3, -0.25) is 9.59 Å². The molecule has 1 aliphatic rings. The van der Waals surface area contributed by atoms with Gasteiger partial charge in [-0.2, -0.15) is 0 Å². The molecule has 0 atom stereocenters. The summed E-state index contributed by atoms with van der Waals surface area (Å²) in [6.07, 6.45) is 0.239. The van der Waals surface area contributed by atoms with Crippen molar-refractivity contribution in [1.82, 2.24) is 0 Å². The van der Waals surface area contributed by atoms with Crippen molar-refractivity contribution in [2.75, 3.05) is 0 Å². The summed E-state index contributed by atoms with van der Waals surface area (Å²) in [5.74, 6) is -0.894. The van der Waals surface area contributed by atoms with Crippen LogP contribution < -0.4 is 0 Å². The maximum absolute atomic E-state index is 11.2. The van der Waals surface area contributed by atoms with Crippen molar-refractivity contribution in [3.8, 4) is 0 Å². The van der Waals surface area contributed by atoms with Gasteiger partial charge in [0.15, 0.2) is 0 Å². The molecular weight excluding hydrogens is 292 g/mol. The van der Waals surface area contributed by atoms with Crippen molar-refractivity contribution in [2.45, 2.75) is 22.5 Å². The molecule has 1 N–H and O–H groups in total. The average Bonchev–Trinajstić information content (AvgIpc) is 2.18. The van der Waals surface area contributed by atoms with Crippen molar-refractivity contribution >= 4 is 39.4 Å². The van der Waals surface area contributed by atoms with Crippen LogP contribution in [0.5, 0.6) is 0 Å². The van der Waals surface area contributed by atoms with Gasteiger partial charge in [-0.15, -0.1) is 11.8 Å². The quantitative estimate of drug-likeness (QED) is 0.932. The molecule has 0 aliphatic heterocycles. The van der Waals surface area contributed by atoms with Gasteiger partial charge in [-0.25, -0.2) is 0 Å². The molecule has 3 nitrogen and oxygen atoms in total. The van der Waals surface area contributed by atoms with Crippen LogP contribution in [0, 0.1) is 0 Å². The van der Waals surface area contributed by atoms with E-state index in [0.717, 1.165) is 9.37 Å². The molecule has 0 spiro atoms. The lowest BCUT2D eigenvalue weighted by Crippen LogP contribution is -2.48. The molecular formula is C11H9BrO3S. The van der Waals surface area contributed by atoms with Crippen LogP contribution in [-0.2, 0) is 9.59 Å². The summed E-state index contributed by atoms with van der Waals surface area (Å²) in [7, 11) is 0. The number of thioether (sulfide) groups is 1. The van der Waals surface area contributed by atoms with Crippen LogP contribution in [0.15, 0.2) is 33.6 Å². The van der Waals surface area contributed by atoms with Crippen LogP contribution in [0.1, 0.15) is 12.8 Å². The van der Waals surface area contributed by atoms with E-state index < -0.39 is 10.7 Å². The molecule has 0 radical (unpaired) electrons. The molecule has 0 bridgehead atoms. The average molecular weight is 301 g/mol. The molecule has 0 unspecified atom stereocenters. The third-order valence-corrected chi connectivity index (χ3v) is 4.88. The summed E-state index contributed by atoms with van der Waals surface area (Å²) in [6, 6.07) is 7.43. The number of halogens is 1. The third kappa shape index (κ3) is 2.01. The number of carboxylic acids is 1. The van der Waals surface area contributed by atoms with Gasteiger partial charge in [0, 0.05) is 22.2 Å². The van der Waals surface area contributed by atoms with Gasteiger partial charge in [0.05, 0.1) is 0 Å². The van der Waals surface area contributed by atoms with Crippen molar-refractivity contribution in [1.29, 1.82) is 0 Å². The Balaban J connectivity index is 2.23. The molecule has 1 aromatic carbocycles. The van der Waals surface area contributed by atoms with E-state index in [0.29, 0.717) is 0 Å². The van der Waals surface area contributed by atoms with Crippen LogP contribution in [-0.4, -0.2) is 21.6 Å². The van der Waals surface area contributed by atoms with Gasteiger partial charge < -0.3 is 5.11 Å². The Morgan fingerprint density at radius 1 is 1.38 bits per heavy atom. The van der Waals surface area contributed by atoms with Gasteiger partial charge in [0.2, 0.25) is 0 Å². The van der Waals surface area contributed by atoms with Crippen LogP contribution in [0.2, 0.25) is 0 Å². The van der Waals surface area contributed by atoms with E-state index in [4.69, 9.17) is 5.11 Å². The Morgan fingerprint density at radius 3 is 2.50 bits per heavy atom. The number of ketones is 1. The number of aliphatic carboxylic acids is 1. The van der Waals surface area contributed by atoms with Gasteiger partial charge >= 0.3 is 5.97 Å². The molecule has 0 aromatic heterocycles. The molecule has 1 fully saturated rings. The first kappa shape index (κ1) is 11.7. The number of carboxylic acid groups (broad SMARTS) is 1. The first-order valence-corrected chi connectivity index (χ1v) is 6.33. The van der Waals surface area contributed by atoms with Crippen LogP contribution in [0.3, 0.4) is 0 Å². The fourth-order valence-electron chi connectivity index (χ4n) is 1.59. The highest BCUT2D eigenvalue weighted by atomic mass is 79.9. The summed E-state index contributed by atoms with van der Waals surface area (Å²) in [4.78, 5) is 23.0. The SMILES string of the molecule is O=C1CC(Sc2ccccc2Br)(C(=O)O)C1. The second kappa shape index (κ2) is 4.22. The molecule has 0 saturated heterocycles. The van der Waals surface area contributed by atoms with E-state index in [1.54, 1.807) is 0 Å². The normalized spacial score (nSPS) is 17.9. The second-order valence-corrected chi connectivity index (χ2v) is 6.00. The van der Waals surface area contributed by atoms with Crippen molar-refractivity contribution in [3.05, 3.63) is 28.7 Å². The molecule has 5 heteroatoms. The van der Waals surface area contributed by atoms with Crippen molar-refractivity contribution in [3.63, 3.8) is 0 Å². The molecule has 16 heavy (non-hydrogen) atoms. The zero-order chi connectivity index (χ0) is 11.8. The summed E-state index contributed by atoms with van der Waals surface area (Å²) < 4.78 is -0.0963. The highest BCUT2D eigenvalue weighted by molar-refractivity contribution is 9.10. The number of hydrogen-bond donors (Lipinski definition) is 1. The van der Waals surface area contributed by atoms with E-state index in [9.17, 15) is 9.59 Å². The molecule has 1 aliphatic carbocycles. The topological polar surface area (TPSA) is 54.4 Å². The zero-order valence-corrected chi connectivity index (χ0v) is 10.7. The molecule has 2 rings (SSSR count). The van der Waals surface area contributed by atoms with E-state index in [1.165, 1.54) is 11.8 Å². The maximum Gasteiger partial charge on any atom is 0.321 e. The van der Waals surface area contributed by atoms with E-state index >= 15 is 0 Å². The minimum absolute atomic E-state index is 0.0157. The molecule has 1 aromatic rings. The molecule has 0 heterocycles. The maximum atomic E-state index is 11.2. The van der Waals surface area contributed by atoms with Gasteiger partial charge in [0.25, 0.3) is 0 Å². The van der Waals surface area contributed by atoms with Crippen LogP contribution >= 0.6 is 27.7 Å². The number of benzene rings is 1. The molecule has 84 valence electrons. The summed E-state index contributed by atoms with van der Waals surface area (Å²) in [5, 5.41) is 9.17. The number of rotatable bonds is 3. The molecule has 1 saturated carbocycles. The minimum atomic E-state index is -0.957. The third-order valence-electron chi connectivity index (χ3n) is 2.50. The lowest BCUT2D eigenvalue weighted by atomic mass is 9.83. The van der Waals surface area contributed by atoms with E-state index in [1.807, 2.05) is 24.3 Å². The minimum Gasteiger partial charge on any atom is -0.480 e. The number of carbonyl (C=O) groups is 2. The predicted octanol–water partition coefficient (Wildman–Crippen LogP) is 2.73. The fourth-order valence-corrected chi connectivity index (χ4v) is 3.40. The summed E-state index contributed by atoms with van der Waals surface area (Å²) >= 11 is 4.62. The highest BCUT2D eigenvalue weighted by Gasteiger charge is 2.51. The second-order valence-electron chi connectivity index (χ2n) is 3.72. The zero-order valence-electron chi connectivity index (χ0n) is 8.27. The smallest absolute Gasteiger partial charge is 0.321 e. The van der Waals surface area contributed by atoms with Gasteiger partial charge in [-0.1, -0.05) is 12.1 Å². The van der Waals surface area contributed by atoms with Crippen LogP contribution in [0.25, 0.3) is 0 Å². The first-order chi connectivity index (χ1) is 7.53. The van der Waals surface area contributed by atoms with E-state index in [-0.39, 0.29) is 18.6 Å². The first-order valence-electron chi connectivity index (χ1n) is 4.72. The van der Waals surface area contributed by atoms with Crippen LogP contribution in [0.4, 0.5) is 0 Å². The molecule has 0 amide bonds. The Hall–Kier alpha value is -0.810. The Morgan fingerprint density at radius 2 is 2.00 bits per heavy atom. The van der Waals surface area contributed by atoms with Gasteiger partial charge in [-0.05, 0) is 28.1 Å². The largest absolute Gasteiger partial charge is 0.480 e. The van der Waals surface area contributed by atoms with Crippen molar-refractivity contribution < 1.29 is 14.7 Å². The Kier molecular flexibility index (Phi) is 3.08. The number of Topliss-reactive ketones (excluding diaryl/α,β-unsaturated/α-hetero) is 1. The lowest BCUT2D eigenvalue weighted by Gasteiger charge is -2.35. The van der Waals surface area contributed by atoms with Crippen molar-refractivity contribution in [2.24, 2.45) is 0 Å². The van der Waals surface area contributed by atoms with Gasteiger partial charge in [0.1, 0.15) is 10.5 Å². The highest BCUT2D eigenvalue weighted by Crippen LogP contribution is 2.47. The summed E-state index contributed by atoms with van der Waals surface area (Å²) in [6.45, 7) is 0. The standard InChI is InChI=1S/C11H9BrO3S/c12-8-3-1-2-4-9(8)16-11(10(14)15)5-7(13)6-11/h1-4H,5-6H2,(H,14,15). The Bertz CT molecular complexity index is 450.